The topological polar surface area (TPSA) is 100 Å². The van der Waals surface area contributed by atoms with E-state index in [9.17, 15) is 13.0 Å². The van der Waals surface area contributed by atoms with E-state index in [0.29, 0.717) is 25.9 Å². The Morgan fingerprint density at radius 2 is 1.59 bits per heavy atom. The molecule has 0 saturated carbocycles. The molecular weight excluding hydrogens is 601 g/mol. The monoisotopic (exact) mass is 631 g/mol. The van der Waals surface area contributed by atoms with Crippen molar-refractivity contribution in [3.8, 4) is 11.1 Å². The average Bonchev–Trinajstić information content (AvgIpc) is 3.47. The van der Waals surface area contributed by atoms with Gasteiger partial charge in [-0.15, -0.1) is 0 Å². The fraction of sp³-hybridized carbons (Fsp3) is 0.276. The zero-order chi connectivity index (χ0) is 28.9. The van der Waals surface area contributed by atoms with Gasteiger partial charge in [-0.25, -0.2) is 0 Å². The highest BCUT2D eigenvalue weighted by atomic mass is 32.2. The van der Waals surface area contributed by atoms with E-state index in [1.807, 2.05) is 30.3 Å². The highest BCUT2D eigenvalue weighted by Crippen LogP contribution is 2.48. The Hall–Kier alpha value is -2.42. The van der Waals surface area contributed by atoms with Crippen LogP contribution in [0.4, 0.5) is 5.69 Å². The summed E-state index contributed by atoms with van der Waals surface area (Å²) in [5.41, 5.74) is 4.42. The van der Waals surface area contributed by atoms with E-state index in [1.165, 1.54) is 0 Å². The van der Waals surface area contributed by atoms with Crippen LogP contribution >= 0.6 is 23.1 Å². The Morgan fingerprint density at radius 3 is 2.32 bits per heavy atom. The Labute approximate surface area is 253 Å². The van der Waals surface area contributed by atoms with Crippen molar-refractivity contribution < 1.29 is 30.5 Å². The van der Waals surface area contributed by atoms with E-state index >= 15 is 0 Å². The first-order chi connectivity index (χ1) is 19.8. The molecule has 1 aromatic heterocycles. The Kier molecular flexibility index (Phi) is 10.0. The van der Waals surface area contributed by atoms with Gasteiger partial charge in [0.05, 0.1) is 29.0 Å². The predicted octanol–water partition coefficient (Wildman–Crippen LogP) is 6.63. The highest BCUT2D eigenvalue weighted by molar-refractivity contribution is 8.03. The lowest BCUT2D eigenvalue weighted by Crippen LogP contribution is -2.37. The molecule has 0 bridgehead atoms. The van der Waals surface area contributed by atoms with E-state index in [-0.39, 0.29) is 6.10 Å². The molecule has 4 unspecified atom stereocenters. The molecule has 216 valence electrons. The molecule has 4 atom stereocenters. The quantitative estimate of drug-likeness (QED) is 0.133. The van der Waals surface area contributed by atoms with Crippen LogP contribution in [0.1, 0.15) is 31.7 Å². The maximum absolute atomic E-state index is 11.2. The van der Waals surface area contributed by atoms with Crippen molar-refractivity contribution in [1.29, 1.82) is 0 Å². The summed E-state index contributed by atoms with van der Waals surface area (Å²) in [6.07, 6.45) is 2.52. The summed E-state index contributed by atoms with van der Waals surface area (Å²) >= 11 is -1.25. The molecule has 0 radical (unpaired) electrons. The highest BCUT2D eigenvalue weighted by Gasteiger charge is 2.29. The second-order valence-corrected chi connectivity index (χ2v) is 13.0. The third kappa shape index (κ3) is 7.51. The molecule has 12 heteroatoms. The Morgan fingerprint density at radius 1 is 0.902 bits per heavy atom. The molecule has 4 aromatic rings. The Bertz CT molecular complexity index is 1590. The van der Waals surface area contributed by atoms with Crippen LogP contribution in [0.2, 0.25) is 0 Å². The lowest BCUT2D eigenvalue weighted by Gasteiger charge is -2.22. The van der Waals surface area contributed by atoms with Crippen LogP contribution in [0.3, 0.4) is 0 Å². The number of nitrogens with zero attached hydrogens (tertiary/aromatic N) is 2. The fourth-order valence-electron chi connectivity index (χ4n) is 4.74. The fourth-order valence-corrected chi connectivity index (χ4v) is 7.80. The summed E-state index contributed by atoms with van der Waals surface area (Å²) in [4.78, 5) is 3.39. The van der Waals surface area contributed by atoms with Crippen LogP contribution in [-0.2, 0) is 37.6 Å². The lowest BCUT2D eigenvalue weighted by atomic mass is 10.0. The van der Waals surface area contributed by atoms with Gasteiger partial charge in [-0.1, -0.05) is 71.6 Å². The molecule has 2 heterocycles. The second-order valence-electron chi connectivity index (χ2n) is 9.67. The van der Waals surface area contributed by atoms with E-state index in [1.54, 1.807) is 36.9 Å². The normalized spacial score (nSPS) is 17.1. The number of thiazole rings is 1. The number of hydrogen-bond donors (Lipinski definition) is 2. The van der Waals surface area contributed by atoms with Gasteiger partial charge in [0.15, 0.2) is 6.54 Å². The lowest BCUT2D eigenvalue weighted by molar-refractivity contribution is -0.669. The number of aryl methyl sites for hydroxylation is 1. The predicted molar refractivity (Wildman–Crippen MR) is 167 cm³/mol. The number of aromatic nitrogens is 1. The van der Waals surface area contributed by atoms with E-state index in [4.69, 9.17) is 12.9 Å². The van der Waals surface area contributed by atoms with Crippen molar-refractivity contribution in [3.63, 3.8) is 0 Å². The van der Waals surface area contributed by atoms with Gasteiger partial charge in [0, 0.05) is 23.9 Å². The molecule has 8 nitrogen and oxygen atoms in total. The summed E-state index contributed by atoms with van der Waals surface area (Å²) in [7, 11) is 0. The molecule has 1 aliphatic rings. The van der Waals surface area contributed by atoms with Crippen molar-refractivity contribution in [3.05, 3.63) is 82.8 Å². The molecule has 5 rings (SSSR count). The van der Waals surface area contributed by atoms with Crippen molar-refractivity contribution in [2.24, 2.45) is 0 Å². The molecule has 41 heavy (non-hydrogen) atoms. The molecule has 0 fully saturated rings. The standard InChI is InChI=1S/C29H30N2O6S4/c1-20(36-40(32)33)14-16-30-24-10-6-7-11-26(24)38-28(30)19-29-31(17-15-21(2)37-41(34)35)25-18-23(12-13-27(25)39-29)22-8-4-3-5-9-22/h3-13,18-21H,14-17H2,1-2H3,(H-,32,33,34,35)/p+1. The van der Waals surface area contributed by atoms with Crippen LogP contribution in [0.25, 0.3) is 27.4 Å². The summed E-state index contributed by atoms with van der Waals surface area (Å²) in [5.74, 6) is 0. The van der Waals surface area contributed by atoms with Gasteiger partial charge in [0.1, 0.15) is 4.70 Å². The number of thioether (sulfide) groups is 1. The number of hydrogen-bond acceptors (Lipinski definition) is 7. The van der Waals surface area contributed by atoms with Crippen LogP contribution in [0.15, 0.2) is 82.7 Å². The maximum atomic E-state index is 11.2. The van der Waals surface area contributed by atoms with E-state index in [2.05, 4.69) is 58.0 Å². The third-order valence-electron chi connectivity index (χ3n) is 6.73. The zero-order valence-electron chi connectivity index (χ0n) is 22.5. The minimum absolute atomic E-state index is 0.385. The molecule has 0 amide bonds. The van der Waals surface area contributed by atoms with Crippen LogP contribution < -0.4 is 9.47 Å². The van der Waals surface area contributed by atoms with Crippen molar-refractivity contribution in [2.75, 3.05) is 11.4 Å². The van der Waals surface area contributed by atoms with Gasteiger partial charge in [-0.05, 0) is 49.6 Å². The largest absolute Gasteiger partial charge is 0.335 e. The van der Waals surface area contributed by atoms with Gasteiger partial charge in [0.2, 0.25) is 5.52 Å². The molecular formula is C29H31N2O6S4+. The Balaban J connectivity index is 1.51. The minimum Gasteiger partial charge on any atom is -0.335 e. The van der Waals surface area contributed by atoms with Crippen molar-refractivity contribution in [2.45, 2.75) is 50.3 Å². The molecule has 3 aromatic carbocycles. The van der Waals surface area contributed by atoms with Crippen molar-refractivity contribution >= 4 is 67.8 Å². The van der Waals surface area contributed by atoms with Gasteiger partial charge in [-0.2, -0.15) is 13.0 Å². The summed E-state index contributed by atoms with van der Waals surface area (Å²) in [5, 5.41) is 2.09. The van der Waals surface area contributed by atoms with Crippen LogP contribution in [0.5, 0.6) is 0 Å². The van der Waals surface area contributed by atoms with Gasteiger partial charge in [-0.3, -0.25) is 17.5 Å². The number of benzene rings is 3. The first-order valence-electron chi connectivity index (χ1n) is 13.1. The summed E-state index contributed by atoms with van der Waals surface area (Å²) in [6, 6.07) is 24.9. The van der Waals surface area contributed by atoms with Gasteiger partial charge in [0.25, 0.3) is 5.01 Å². The van der Waals surface area contributed by atoms with E-state index in [0.717, 1.165) is 42.0 Å². The number of fused-ring (bicyclic) bond motifs is 2. The van der Waals surface area contributed by atoms with Crippen molar-refractivity contribution in [1.82, 2.24) is 0 Å². The smallest absolute Gasteiger partial charge is 0.302 e. The first-order valence-corrected chi connectivity index (χ1v) is 16.8. The third-order valence-corrected chi connectivity index (χ3v) is 9.94. The number of anilines is 1. The minimum atomic E-state index is -2.32. The van der Waals surface area contributed by atoms with E-state index < -0.39 is 28.8 Å². The van der Waals surface area contributed by atoms with Gasteiger partial charge >= 0.3 is 22.7 Å². The van der Waals surface area contributed by atoms with Crippen LogP contribution in [-0.4, -0.2) is 36.3 Å². The molecule has 1 aliphatic heterocycles. The molecule has 0 spiro atoms. The average molecular weight is 632 g/mol. The second kappa shape index (κ2) is 13.7. The molecule has 0 aliphatic carbocycles. The SMILES string of the molecule is CC(CCN1C(=Cc2sc3ccccc3[n+]2CCC(C)OS(=O)O)Sc2ccc(-c3ccccc3)cc21)OS(=O)O. The number of rotatable bonds is 12. The molecule has 0 saturated heterocycles. The maximum Gasteiger partial charge on any atom is 0.302 e. The first kappa shape index (κ1) is 30.1. The molecule has 2 N–H and O–H groups in total. The zero-order valence-corrected chi connectivity index (χ0v) is 25.8. The summed E-state index contributed by atoms with van der Waals surface area (Å²) in [6.45, 7) is 4.80. The van der Waals surface area contributed by atoms with Gasteiger partial charge < -0.3 is 4.90 Å². The van der Waals surface area contributed by atoms with Crippen LogP contribution in [0, 0.1) is 0 Å². The summed E-state index contributed by atoms with van der Waals surface area (Å²) < 4.78 is 54.2. The number of para-hydroxylation sites is 1.